The summed E-state index contributed by atoms with van der Waals surface area (Å²) in [7, 11) is 0. The predicted octanol–water partition coefficient (Wildman–Crippen LogP) is 3.42. The molecular weight excluding hydrogens is 336 g/mol. The first-order valence-corrected chi connectivity index (χ1v) is 8.28. The maximum absolute atomic E-state index is 12.3. The number of aromatic nitrogens is 3. The van der Waals surface area contributed by atoms with Crippen molar-refractivity contribution in [2.45, 2.75) is 13.8 Å². The molecule has 25 heavy (non-hydrogen) atoms. The molecule has 124 valence electrons. The van der Waals surface area contributed by atoms with E-state index < -0.39 is 0 Å². The van der Waals surface area contributed by atoms with E-state index >= 15 is 0 Å². The molecule has 2 aromatic heterocycles. The fraction of sp³-hybridized carbons (Fsp3) is 0.118. The third kappa shape index (κ3) is 4.16. The molecule has 0 bridgehead atoms. The second-order valence-corrected chi connectivity index (χ2v) is 6.14. The summed E-state index contributed by atoms with van der Waals surface area (Å²) in [6.45, 7) is 3.77. The SMILES string of the molecule is Cc1cc(C)nc(Nc2nc(C(=O)Nc3ccc(C#N)cc3)cs2)n1. The average Bonchev–Trinajstić information content (AvgIpc) is 3.03. The van der Waals surface area contributed by atoms with Crippen molar-refractivity contribution < 1.29 is 4.79 Å². The lowest BCUT2D eigenvalue weighted by atomic mass is 10.2. The Morgan fingerprint density at radius 3 is 2.44 bits per heavy atom. The predicted molar refractivity (Wildman–Crippen MR) is 96.0 cm³/mol. The van der Waals surface area contributed by atoms with E-state index in [0.29, 0.717) is 28.0 Å². The first-order valence-electron chi connectivity index (χ1n) is 7.40. The largest absolute Gasteiger partial charge is 0.321 e. The van der Waals surface area contributed by atoms with Crippen LogP contribution in [0.1, 0.15) is 27.4 Å². The standard InChI is InChI=1S/C17H14N6OS/c1-10-7-11(2)20-16(19-10)23-17-22-14(9-25-17)15(24)21-13-5-3-12(8-18)4-6-13/h3-7,9H,1-2H3,(H,21,24)(H,19,20,22,23). The van der Waals surface area contributed by atoms with Crippen molar-refractivity contribution in [2.75, 3.05) is 10.6 Å². The minimum Gasteiger partial charge on any atom is -0.321 e. The zero-order valence-electron chi connectivity index (χ0n) is 13.6. The van der Waals surface area contributed by atoms with Crippen LogP contribution in [0.5, 0.6) is 0 Å². The van der Waals surface area contributed by atoms with Gasteiger partial charge < -0.3 is 10.6 Å². The van der Waals surface area contributed by atoms with Gasteiger partial charge in [-0.05, 0) is 44.2 Å². The molecule has 3 rings (SSSR count). The molecule has 8 heteroatoms. The van der Waals surface area contributed by atoms with Crippen molar-refractivity contribution in [3.8, 4) is 6.07 Å². The van der Waals surface area contributed by atoms with Crippen LogP contribution in [0.15, 0.2) is 35.7 Å². The summed E-state index contributed by atoms with van der Waals surface area (Å²) in [6.07, 6.45) is 0. The Labute approximate surface area is 148 Å². The van der Waals surface area contributed by atoms with E-state index in [0.717, 1.165) is 11.4 Å². The smallest absolute Gasteiger partial charge is 0.275 e. The first-order chi connectivity index (χ1) is 12.0. The molecular formula is C17H14N6OS. The molecule has 0 fully saturated rings. The number of anilines is 3. The number of nitriles is 1. The summed E-state index contributed by atoms with van der Waals surface area (Å²) >= 11 is 1.29. The summed E-state index contributed by atoms with van der Waals surface area (Å²) < 4.78 is 0. The number of carbonyl (C=O) groups is 1. The number of nitrogens with zero attached hydrogens (tertiary/aromatic N) is 4. The number of amides is 1. The molecule has 1 aromatic carbocycles. The fourth-order valence-electron chi connectivity index (χ4n) is 2.14. The van der Waals surface area contributed by atoms with Crippen LogP contribution in [-0.2, 0) is 0 Å². The molecule has 0 unspecified atom stereocenters. The maximum Gasteiger partial charge on any atom is 0.275 e. The van der Waals surface area contributed by atoms with Crippen molar-refractivity contribution in [2.24, 2.45) is 0 Å². The maximum atomic E-state index is 12.3. The van der Waals surface area contributed by atoms with Gasteiger partial charge in [-0.3, -0.25) is 4.79 Å². The minimum atomic E-state index is -0.324. The second kappa shape index (κ2) is 7.07. The zero-order chi connectivity index (χ0) is 17.8. The number of rotatable bonds is 4. The Bertz CT molecular complexity index is 938. The van der Waals surface area contributed by atoms with E-state index in [-0.39, 0.29) is 5.91 Å². The fourth-order valence-corrected chi connectivity index (χ4v) is 2.82. The molecule has 2 heterocycles. The van der Waals surface area contributed by atoms with E-state index in [4.69, 9.17) is 5.26 Å². The Hall–Kier alpha value is -3.31. The van der Waals surface area contributed by atoms with Crippen LogP contribution in [0.25, 0.3) is 0 Å². The van der Waals surface area contributed by atoms with Crippen LogP contribution in [0, 0.1) is 25.2 Å². The van der Waals surface area contributed by atoms with E-state index in [1.165, 1.54) is 11.3 Å². The highest BCUT2D eigenvalue weighted by atomic mass is 32.1. The molecule has 0 saturated carbocycles. The van der Waals surface area contributed by atoms with Gasteiger partial charge in [0.1, 0.15) is 5.69 Å². The van der Waals surface area contributed by atoms with Crippen LogP contribution >= 0.6 is 11.3 Å². The minimum absolute atomic E-state index is 0.293. The van der Waals surface area contributed by atoms with Crippen molar-refractivity contribution >= 4 is 34.0 Å². The summed E-state index contributed by atoms with van der Waals surface area (Å²) in [5, 5.41) is 16.7. The van der Waals surface area contributed by atoms with Crippen LogP contribution in [0.2, 0.25) is 0 Å². The number of carbonyl (C=O) groups excluding carboxylic acids is 1. The van der Waals surface area contributed by atoms with Crippen molar-refractivity contribution in [3.05, 3.63) is 58.4 Å². The molecule has 0 aliphatic carbocycles. The molecule has 0 atom stereocenters. The Kier molecular flexibility index (Phi) is 4.68. The highest BCUT2D eigenvalue weighted by molar-refractivity contribution is 7.14. The summed E-state index contributed by atoms with van der Waals surface area (Å²) in [5.74, 6) is 0.126. The molecule has 0 aliphatic heterocycles. The van der Waals surface area contributed by atoms with Crippen LogP contribution in [-0.4, -0.2) is 20.9 Å². The molecule has 3 aromatic rings. The third-order valence-corrected chi connectivity index (χ3v) is 3.97. The molecule has 7 nitrogen and oxygen atoms in total. The van der Waals surface area contributed by atoms with Gasteiger partial charge in [0.05, 0.1) is 11.6 Å². The van der Waals surface area contributed by atoms with Gasteiger partial charge in [0.2, 0.25) is 5.95 Å². The van der Waals surface area contributed by atoms with Crippen molar-refractivity contribution in [3.63, 3.8) is 0 Å². The molecule has 0 aliphatic rings. The van der Waals surface area contributed by atoms with Crippen LogP contribution in [0.4, 0.5) is 16.8 Å². The number of aryl methyl sites for hydroxylation is 2. The van der Waals surface area contributed by atoms with Crippen LogP contribution in [0.3, 0.4) is 0 Å². The lowest BCUT2D eigenvalue weighted by Gasteiger charge is -2.04. The van der Waals surface area contributed by atoms with Gasteiger partial charge >= 0.3 is 0 Å². The van der Waals surface area contributed by atoms with E-state index in [1.807, 2.05) is 26.0 Å². The highest BCUT2D eigenvalue weighted by Crippen LogP contribution is 2.20. The Morgan fingerprint density at radius 2 is 1.80 bits per heavy atom. The van der Waals surface area contributed by atoms with Gasteiger partial charge in [-0.15, -0.1) is 11.3 Å². The molecule has 2 N–H and O–H groups in total. The van der Waals surface area contributed by atoms with Gasteiger partial charge in [-0.1, -0.05) is 0 Å². The van der Waals surface area contributed by atoms with Gasteiger partial charge in [-0.2, -0.15) is 5.26 Å². The van der Waals surface area contributed by atoms with E-state index in [1.54, 1.807) is 29.6 Å². The Morgan fingerprint density at radius 1 is 1.12 bits per heavy atom. The number of benzene rings is 1. The third-order valence-electron chi connectivity index (χ3n) is 3.21. The number of nitrogens with one attached hydrogen (secondary N) is 2. The van der Waals surface area contributed by atoms with Gasteiger partial charge in [0, 0.05) is 22.5 Å². The quantitative estimate of drug-likeness (QED) is 0.747. The average molecular weight is 350 g/mol. The lowest BCUT2D eigenvalue weighted by Crippen LogP contribution is -2.12. The van der Waals surface area contributed by atoms with E-state index in [2.05, 4.69) is 25.6 Å². The van der Waals surface area contributed by atoms with Crippen molar-refractivity contribution in [1.82, 2.24) is 15.0 Å². The molecule has 0 saturated heterocycles. The summed E-state index contributed by atoms with van der Waals surface area (Å²) in [5.41, 5.74) is 3.13. The second-order valence-electron chi connectivity index (χ2n) is 5.28. The number of hydrogen-bond acceptors (Lipinski definition) is 7. The molecule has 0 radical (unpaired) electrons. The molecule has 1 amide bonds. The number of hydrogen-bond donors (Lipinski definition) is 2. The summed E-state index contributed by atoms with van der Waals surface area (Å²) in [4.78, 5) is 25.1. The van der Waals surface area contributed by atoms with Gasteiger partial charge in [-0.25, -0.2) is 15.0 Å². The zero-order valence-corrected chi connectivity index (χ0v) is 14.4. The topological polar surface area (TPSA) is 104 Å². The van der Waals surface area contributed by atoms with Gasteiger partial charge in [0.25, 0.3) is 5.91 Å². The Balaban J connectivity index is 1.69. The first kappa shape index (κ1) is 16.5. The summed E-state index contributed by atoms with van der Waals surface area (Å²) in [6, 6.07) is 10.5. The highest BCUT2D eigenvalue weighted by Gasteiger charge is 2.12. The van der Waals surface area contributed by atoms with Crippen molar-refractivity contribution in [1.29, 1.82) is 5.26 Å². The number of thiazole rings is 1. The lowest BCUT2D eigenvalue weighted by molar-refractivity contribution is 0.102. The molecule has 0 spiro atoms. The van der Waals surface area contributed by atoms with Gasteiger partial charge in [0.15, 0.2) is 5.13 Å². The van der Waals surface area contributed by atoms with Crippen LogP contribution < -0.4 is 10.6 Å². The van der Waals surface area contributed by atoms with E-state index in [9.17, 15) is 4.79 Å². The monoisotopic (exact) mass is 350 g/mol. The normalized spacial score (nSPS) is 10.1.